The largest absolute Gasteiger partial charge is 0.352 e. The first kappa shape index (κ1) is 20.5. The highest BCUT2D eigenvalue weighted by atomic mass is 32.2. The summed E-state index contributed by atoms with van der Waals surface area (Å²) < 4.78 is 27.7. The van der Waals surface area contributed by atoms with Crippen LogP contribution in [-0.4, -0.2) is 43.2 Å². The molecule has 2 N–H and O–H groups in total. The van der Waals surface area contributed by atoms with Crippen molar-refractivity contribution in [1.29, 1.82) is 0 Å². The van der Waals surface area contributed by atoms with Crippen LogP contribution in [0.15, 0.2) is 34.0 Å². The van der Waals surface area contributed by atoms with Crippen molar-refractivity contribution in [3.63, 3.8) is 0 Å². The minimum atomic E-state index is -3.65. The molecule has 28 heavy (non-hydrogen) atoms. The molecule has 0 radical (unpaired) electrons. The Kier molecular flexibility index (Phi) is 6.20. The molecule has 3 rings (SSSR count). The molecule has 1 fully saturated rings. The van der Waals surface area contributed by atoms with E-state index in [0.717, 1.165) is 25.7 Å². The van der Waals surface area contributed by atoms with E-state index in [1.807, 2.05) is 13.8 Å². The fourth-order valence-electron chi connectivity index (χ4n) is 3.57. The highest BCUT2D eigenvalue weighted by Crippen LogP contribution is 2.26. The molecule has 1 saturated heterocycles. The number of carbonyl (C=O) groups is 1. The molecule has 1 aliphatic rings. The van der Waals surface area contributed by atoms with Crippen molar-refractivity contribution in [2.75, 3.05) is 19.6 Å². The molecule has 1 aliphatic heterocycles. The first-order chi connectivity index (χ1) is 13.3. The summed E-state index contributed by atoms with van der Waals surface area (Å²) in [5.41, 5.74) is 0.242. The van der Waals surface area contributed by atoms with Crippen LogP contribution in [0.5, 0.6) is 0 Å². The van der Waals surface area contributed by atoms with Crippen LogP contribution < -0.4 is 10.9 Å². The summed E-state index contributed by atoms with van der Waals surface area (Å²) in [6, 6.07) is 5.77. The molecule has 1 aromatic carbocycles. The third-order valence-electron chi connectivity index (χ3n) is 5.13. The molecule has 8 heteroatoms. The minimum absolute atomic E-state index is 0.142. The van der Waals surface area contributed by atoms with Gasteiger partial charge in [0.05, 0.1) is 10.5 Å². The zero-order valence-electron chi connectivity index (χ0n) is 16.3. The molecule has 2 heterocycles. The lowest BCUT2D eigenvalue weighted by Crippen LogP contribution is -2.39. The summed E-state index contributed by atoms with van der Waals surface area (Å²) in [4.78, 5) is 27.3. The van der Waals surface area contributed by atoms with Crippen molar-refractivity contribution in [3.05, 3.63) is 40.2 Å². The maximum absolute atomic E-state index is 13.1. The van der Waals surface area contributed by atoms with Gasteiger partial charge < -0.3 is 10.3 Å². The van der Waals surface area contributed by atoms with Gasteiger partial charge in [0.25, 0.3) is 5.91 Å². The summed E-state index contributed by atoms with van der Waals surface area (Å²) in [6.07, 6.45) is 3.63. The van der Waals surface area contributed by atoms with Gasteiger partial charge in [-0.25, -0.2) is 8.42 Å². The standard InChI is InChI=1S/C20H27N3O4S/c1-3-4-9-21-20(25)17-12-19(24)22-18-8-7-15(11-16(17)18)28(26,27)23-10-5-6-14(2)13-23/h7-8,11-12,14H,3-6,9-10,13H2,1-2H3,(H,21,25)(H,22,24)/t14-/m0/s1. The molecule has 0 bridgehead atoms. The minimum Gasteiger partial charge on any atom is -0.352 e. The Morgan fingerprint density at radius 3 is 2.82 bits per heavy atom. The van der Waals surface area contributed by atoms with Gasteiger partial charge in [0, 0.05) is 36.6 Å². The quantitative estimate of drug-likeness (QED) is 0.721. The number of rotatable bonds is 6. The Morgan fingerprint density at radius 2 is 2.11 bits per heavy atom. The Hall–Kier alpha value is -2.19. The molecule has 0 spiro atoms. The molecular weight excluding hydrogens is 378 g/mol. The fraction of sp³-hybridized carbons (Fsp3) is 0.500. The summed E-state index contributed by atoms with van der Waals surface area (Å²) in [5, 5.41) is 3.23. The summed E-state index contributed by atoms with van der Waals surface area (Å²) >= 11 is 0. The third-order valence-corrected chi connectivity index (χ3v) is 6.99. The van der Waals surface area contributed by atoms with Gasteiger partial charge in [-0.3, -0.25) is 9.59 Å². The number of unbranched alkanes of at least 4 members (excludes halogenated alkanes) is 1. The van der Waals surface area contributed by atoms with Gasteiger partial charge >= 0.3 is 0 Å². The van der Waals surface area contributed by atoms with Gasteiger partial charge in [-0.1, -0.05) is 20.3 Å². The van der Waals surface area contributed by atoms with Crippen molar-refractivity contribution >= 4 is 26.8 Å². The van der Waals surface area contributed by atoms with Gasteiger partial charge in [-0.2, -0.15) is 4.31 Å². The molecule has 7 nitrogen and oxygen atoms in total. The number of piperidine rings is 1. The Labute approximate surface area is 165 Å². The number of aromatic amines is 1. The zero-order chi connectivity index (χ0) is 20.3. The maximum atomic E-state index is 13.1. The van der Waals surface area contributed by atoms with Crippen molar-refractivity contribution in [2.45, 2.75) is 44.4 Å². The SMILES string of the molecule is CCCCNC(=O)c1cc(=O)[nH]c2ccc(S(=O)(=O)N3CCC[C@H](C)C3)cc12. The van der Waals surface area contributed by atoms with E-state index in [2.05, 4.69) is 10.3 Å². The van der Waals surface area contributed by atoms with Gasteiger partial charge in [-0.05, 0) is 43.4 Å². The van der Waals surface area contributed by atoms with Crippen LogP contribution in [0.1, 0.15) is 49.9 Å². The zero-order valence-corrected chi connectivity index (χ0v) is 17.1. The number of nitrogens with one attached hydrogen (secondary N) is 2. The highest BCUT2D eigenvalue weighted by Gasteiger charge is 2.29. The predicted octanol–water partition coefficient (Wildman–Crippen LogP) is 2.48. The number of hydrogen-bond donors (Lipinski definition) is 2. The topological polar surface area (TPSA) is 99.3 Å². The second-order valence-corrected chi connectivity index (χ2v) is 9.41. The van der Waals surface area contributed by atoms with Crippen LogP contribution in [0.2, 0.25) is 0 Å². The van der Waals surface area contributed by atoms with E-state index in [9.17, 15) is 18.0 Å². The van der Waals surface area contributed by atoms with E-state index in [-0.39, 0.29) is 16.4 Å². The van der Waals surface area contributed by atoms with Crippen LogP contribution in [0, 0.1) is 5.92 Å². The second kappa shape index (κ2) is 8.45. The number of hydrogen-bond acceptors (Lipinski definition) is 4. The fourth-order valence-corrected chi connectivity index (χ4v) is 5.19. The molecular formula is C20H27N3O4S. The molecule has 0 unspecified atom stereocenters. The lowest BCUT2D eigenvalue weighted by molar-refractivity contribution is 0.0954. The van der Waals surface area contributed by atoms with Crippen molar-refractivity contribution in [1.82, 2.24) is 14.6 Å². The number of aromatic nitrogens is 1. The number of carbonyl (C=O) groups excluding carboxylic acids is 1. The second-order valence-electron chi connectivity index (χ2n) is 7.47. The summed E-state index contributed by atoms with van der Waals surface area (Å²) in [6.45, 7) is 5.57. The number of benzene rings is 1. The van der Waals surface area contributed by atoms with Crippen molar-refractivity contribution < 1.29 is 13.2 Å². The van der Waals surface area contributed by atoms with Gasteiger partial charge in [0.15, 0.2) is 0 Å². The summed E-state index contributed by atoms with van der Waals surface area (Å²) in [5.74, 6) is -0.0501. The number of H-pyrrole nitrogens is 1. The first-order valence-corrected chi connectivity index (χ1v) is 11.2. The highest BCUT2D eigenvalue weighted by molar-refractivity contribution is 7.89. The molecule has 1 amide bonds. The number of sulfonamides is 1. The van der Waals surface area contributed by atoms with E-state index >= 15 is 0 Å². The van der Waals surface area contributed by atoms with Crippen molar-refractivity contribution in [3.8, 4) is 0 Å². The van der Waals surface area contributed by atoms with Crippen LogP contribution >= 0.6 is 0 Å². The monoisotopic (exact) mass is 405 g/mol. The molecule has 2 aromatic rings. The molecule has 0 saturated carbocycles. The lowest BCUT2D eigenvalue weighted by atomic mass is 10.0. The number of nitrogens with zero attached hydrogens (tertiary/aromatic N) is 1. The van der Waals surface area contributed by atoms with E-state index < -0.39 is 15.6 Å². The van der Waals surface area contributed by atoms with Crippen LogP contribution in [0.25, 0.3) is 10.9 Å². The van der Waals surface area contributed by atoms with E-state index in [1.54, 1.807) is 6.07 Å². The normalized spacial score (nSPS) is 18.3. The van der Waals surface area contributed by atoms with Crippen LogP contribution in [-0.2, 0) is 10.0 Å². The van der Waals surface area contributed by atoms with Crippen molar-refractivity contribution in [2.24, 2.45) is 5.92 Å². The van der Waals surface area contributed by atoms with Gasteiger partial charge in [0.2, 0.25) is 15.6 Å². The predicted molar refractivity (Wildman–Crippen MR) is 109 cm³/mol. The first-order valence-electron chi connectivity index (χ1n) is 9.78. The Balaban J connectivity index is 2.02. The lowest BCUT2D eigenvalue weighted by Gasteiger charge is -2.30. The van der Waals surface area contributed by atoms with Crippen LogP contribution in [0.3, 0.4) is 0 Å². The van der Waals surface area contributed by atoms with Gasteiger partial charge in [0.1, 0.15) is 0 Å². The Bertz CT molecular complexity index is 1030. The van der Waals surface area contributed by atoms with Crippen LogP contribution in [0.4, 0.5) is 0 Å². The third kappa shape index (κ3) is 4.28. The smallest absolute Gasteiger partial charge is 0.252 e. The molecule has 1 aromatic heterocycles. The van der Waals surface area contributed by atoms with E-state index in [0.29, 0.717) is 36.5 Å². The molecule has 152 valence electrons. The molecule has 1 atom stereocenters. The van der Waals surface area contributed by atoms with E-state index in [1.165, 1.54) is 22.5 Å². The number of fused-ring (bicyclic) bond motifs is 1. The van der Waals surface area contributed by atoms with Gasteiger partial charge in [-0.15, -0.1) is 0 Å². The number of amides is 1. The Morgan fingerprint density at radius 1 is 1.32 bits per heavy atom. The average Bonchev–Trinajstić information content (AvgIpc) is 2.67. The number of pyridine rings is 1. The maximum Gasteiger partial charge on any atom is 0.252 e. The molecule has 0 aliphatic carbocycles. The average molecular weight is 406 g/mol. The summed E-state index contributed by atoms with van der Waals surface area (Å²) in [7, 11) is -3.65. The van der Waals surface area contributed by atoms with E-state index in [4.69, 9.17) is 0 Å².